The van der Waals surface area contributed by atoms with Crippen LogP contribution in [0.15, 0.2) is 0 Å². The topological polar surface area (TPSA) is 23.5 Å². The van der Waals surface area contributed by atoms with E-state index in [1.54, 1.807) is 0 Å². The highest BCUT2D eigenvalue weighted by Crippen LogP contribution is 2.32. The average molecular weight is 215 g/mol. The lowest BCUT2D eigenvalue weighted by Gasteiger charge is -2.45. The van der Waals surface area contributed by atoms with Crippen LogP contribution in [0.3, 0.4) is 0 Å². The Morgan fingerprint density at radius 3 is 1.60 bits per heavy atom. The maximum Gasteiger partial charge on any atom is 0.0751 e. The molecule has 15 heavy (non-hydrogen) atoms. The molecular weight excluding hydrogens is 186 g/mol. The normalized spacial score (nSPS) is 15.0. The minimum atomic E-state index is -0.211. The molecule has 1 atom stereocenters. The van der Waals surface area contributed by atoms with E-state index in [4.69, 9.17) is 0 Å². The minimum absolute atomic E-state index is 0.0450. The third-order valence-corrected chi connectivity index (χ3v) is 4.16. The second kappa shape index (κ2) is 6.49. The smallest absolute Gasteiger partial charge is 0.0751 e. The van der Waals surface area contributed by atoms with Crippen molar-refractivity contribution >= 4 is 0 Å². The standard InChI is InChI=1S/C13H29NO/c1-7-11(8-2)12(15)13(9-3,10-4)14(5)6/h11-12,15H,7-10H2,1-6H3. The lowest BCUT2D eigenvalue weighted by molar-refractivity contribution is -0.0489. The molecule has 2 heteroatoms. The summed E-state index contributed by atoms with van der Waals surface area (Å²) in [6, 6.07) is 0. The largest absolute Gasteiger partial charge is 0.391 e. The molecule has 0 rings (SSSR count). The lowest BCUT2D eigenvalue weighted by Crippen LogP contribution is -2.55. The molecule has 0 aliphatic rings. The molecule has 0 aliphatic heterocycles. The molecule has 0 fully saturated rings. The summed E-state index contributed by atoms with van der Waals surface area (Å²) in [6.07, 6.45) is 3.93. The Labute approximate surface area is 95.7 Å². The van der Waals surface area contributed by atoms with Gasteiger partial charge in [0.15, 0.2) is 0 Å². The highest BCUT2D eigenvalue weighted by Gasteiger charge is 2.39. The van der Waals surface area contributed by atoms with Gasteiger partial charge in [-0.1, -0.05) is 40.5 Å². The summed E-state index contributed by atoms with van der Waals surface area (Å²) in [7, 11) is 4.16. The maximum absolute atomic E-state index is 10.5. The summed E-state index contributed by atoms with van der Waals surface area (Å²) < 4.78 is 0. The first-order valence-corrected chi connectivity index (χ1v) is 6.35. The number of aliphatic hydroxyl groups excluding tert-OH is 1. The van der Waals surface area contributed by atoms with Gasteiger partial charge in [0, 0.05) is 5.54 Å². The molecule has 0 aliphatic carbocycles. The van der Waals surface area contributed by atoms with Crippen molar-refractivity contribution in [2.24, 2.45) is 5.92 Å². The predicted octanol–water partition coefficient (Wildman–Crippen LogP) is 2.90. The molecule has 0 saturated heterocycles. The predicted molar refractivity (Wildman–Crippen MR) is 67.1 cm³/mol. The van der Waals surface area contributed by atoms with Crippen LogP contribution in [-0.2, 0) is 0 Å². The SMILES string of the molecule is CCC(CC)C(O)C(CC)(CC)N(C)C. The zero-order valence-electron chi connectivity index (χ0n) is 11.4. The maximum atomic E-state index is 10.5. The molecule has 0 aromatic heterocycles. The van der Waals surface area contributed by atoms with E-state index < -0.39 is 0 Å². The van der Waals surface area contributed by atoms with Gasteiger partial charge in [-0.25, -0.2) is 0 Å². The molecule has 0 bridgehead atoms. The Hall–Kier alpha value is -0.0800. The van der Waals surface area contributed by atoms with Crippen molar-refractivity contribution in [2.45, 2.75) is 65.0 Å². The van der Waals surface area contributed by atoms with Crippen LogP contribution in [-0.4, -0.2) is 35.7 Å². The van der Waals surface area contributed by atoms with E-state index in [1.165, 1.54) is 0 Å². The summed E-state index contributed by atoms with van der Waals surface area (Å²) in [5, 5.41) is 10.5. The van der Waals surface area contributed by atoms with E-state index in [0.717, 1.165) is 25.7 Å². The highest BCUT2D eigenvalue weighted by molar-refractivity contribution is 4.95. The molecule has 0 heterocycles. The van der Waals surface area contributed by atoms with Crippen molar-refractivity contribution < 1.29 is 5.11 Å². The van der Waals surface area contributed by atoms with Gasteiger partial charge < -0.3 is 10.0 Å². The first-order valence-electron chi connectivity index (χ1n) is 6.35. The fraction of sp³-hybridized carbons (Fsp3) is 1.00. The quantitative estimate of drug-likeness (QED) is 0.706. The molecule has 0 spiro atoms. The molecule has 1 unspecified atom stereocenters. The van der Waals surface area contributed by atoms with Crippen molar-refractivity contribution in [1.82, 2.24) is 4.90 Å². The van der Waals surface area contributed by atoms with Crippen LogP contribution in [0.25, 0.3) is 0 Å². The Bertz CT molecular complexity index is 160. The molecule has 0 saturated carbocycles. The zero-order chi connectivity index (χ0) is 12.1. The number of hydrogen-bond acceptors (Lipinski definition) is 2. The van der Waals surface area contributed by atoms with Crippen LogP contribution in [0.5, 0.6) is 0 Å². The van der Waals surface area contributed by atoms with Crippen molar-refractivity contribution in [3.63, 3.8) is 0 Å². The van der Waals surface area contributed by atoms with Crippen LogP contribution in [0.4, 0.5) is 0 Å². The summed E-state index contributed by atoms with van der Waals surface area (Å²) in [5.41, 5.74) is -0.0450. The van der Waals surface area contributed by atoms with Gasteiger partial charge in [-0.15, -0.1) is 0 Å². The van der Waals surface area contributed by atoms with Gasteiger partial charge in [0.2, 0.25) is 0 Å². The summed E-state index contributed by atoms with van der Waals surface area (Å²) in [6.45, 7) is 8.69. The van der Waals surface area contributed by atoms with Crippen molar-refractivity contribution in [3.05, 3.63) is 0 Å². The average Bonchev–Trinajstić information content (AvgIpc) is 2.22. The first kappa shape index (κ1) is 14.9. The lowest BCUT2D eigenvalue weighted by atomic mass is 9.77. The minimum Gasteiger partial charge on any atom is -0.391 e. The Morgan fingerprint density at radius 2 is 1.40 bits per heavy atom. The van der Waals surface area contributed by atoms with Gasteiger partial charge in [-0.2, -0.15) is 0 Å². The third-order valence-electron chi connectivity index (χ3n) is 4.16. The Morgan fingerprint density at radius 1 is 1.00 bits per heavy atom. The van der Waals surface area contributed by atoms with E-state index in [-0.39, 0.29) is 11.6 Å². The molecule has 0 aromatic carbocycles. The first-order chi connectivity index (χ1) is 6.99. The molecule has 0 radical (unpaired) electrons. The van der Waals surface area contributed by atoms with E-state index in [1.807, 2.05) is 0 Å². The summed E-state index contributed by atoms with van der Waals surface area (Å²) in [5.74, 6) is 0.423. The molecule has 2 nitrogen and oxygen atoms in total. The van der Waals surface area contributed by atoms with E-state index >= 15 is 0 Å². The van der Waals surface area contributed by atoms with Gasteiger partial charge in [-0.3, -0.25) is 0 Å². The number of aliphatic hydroxyl groups is 1. The second-order valence-corrected chi connectivity index (χ2v) is 4.73. The number of rotatable bonds is 7. The van der Waals surface area contributed by atoms with E-state index in [9.17, 15) is 5.11 Å². The number of hydrogen-bond donors (Lipinski definition) is 1. The fourth-order valence-corrected chi connectivity index (χ4v) is 2.74. The van der Waals surface area contributed by atoms with Crippen molar-refractivity contribution in [3.8, 4) is 0 Å². The monoisotopic (exact) mass is 215 g/mol. The molecule has 0 aromatic rings. The van der Waals surface area contributed by atoms with Crippen LogP contribution in [0.1, 0.15) is 53.4 Å². The van der Waals surface area contributed by atoms with Gasteiger partial charge in [0.25, 0.3) is 0 Å². The molecule has 0 amide bonds. The van der Waals surface area contributed by atoms with Crippen LogP contribution >= 0.6 is 0 Å². The zero-order valence-corrected chi connectivity index (χ0v) is 11.4. The van der Waals surface area contributed by atoms with Crippen molar-refractivity contribution in [2.75, 3.05) is 14.1 Å². The van der Waals surface area contributed by atoms with Gasteiger partial charge in [0.1, 0.15) is 0 Å². The Balaban J connectivity index is 4.89. The van der Waals surface area contributed by atoms with E-state index in [2.05, 4.69) is 46.7 Å². The highest BCUT2D eigenvalue weighted by atomic mass is 16.3. The van der Waals surface area contributed by atoms with Crippen LogP contribution in [0, 0.1) is 5.92 Å². The van der Waals surface area contributed by atoms with Crippen molar-refractivity contribution in [1.29, 1.82) is 0 Å². The van der Waals surface area contributed by atoms with Crippen LogP contribution in [0.2, 0.25) is 0 Å². The van der Waals surface area contributed by atoms with Gasteiger partial charge in [0.05, 0.1) is 6.10 Å². The number of nitrogens with zero attached hydrogens (tertiary/aromatic N) is 1. The van der Waals surface area contributed by atoms with Gasteiger partial charge in [-0.05, 0) is 32.9 Å². The van der Waals surface area contributed by atoms with E-state index in [0.29, 0.717) is 5.92 Å². The number of likely N-dealkylation sites (N-methyl/N-ethyl adjacent to an activating group) is 1. The van der Waals surface area contributed by atoms with Gasteiger partial charge >= 0.3 is 0 Å². The summed E-state index contributed by atoms with van der Waals surface area (Å²) >= 11 is 0. The third kappa shape index (κ3) is 2.94. The molecule has 1 N–H and O–H groups in total. The molecule has 92 valence electrons. The van der Waals surface area contributed by atoms with Crippen LogP contribution < -0.4 is 0 Å². The summed E-state index contributed by atoms with van der Waals surface area (Å²) in [4.78, 5) is 2.20. The molecular formula is C13H29NO. The Kier molecular flexibility index (Phi) is 6.46. The fourth-order valence-electron chi connectivity index (χ4n) is 2.74. The second-order valence-electron chi connectivity index (χ2n) is 4.73.